The van der Waals surface area contributed by atoms with Crippen LogP contribution in [0.2, 0.25) is 0 Å². The number of halogens is 1. The van der Waals surface area contributed by atoms with Crippen LogP contribution in [-0.4, -0.2) is 36.5 Å². The number of likely N-dealkylation sites (tertiary alicyclic amines) is 1. The van der Waals surface area contributed by atoms with Crippen molar-refractivity contribution in [3.63, 3.8) is 0 Å². The summed E-state index contributed by atoms with van der Waals surface area (Å²) in [7, 11) is 0. The van der Waals surface area contributed by atoms with E-state index in [-0.39, 0.29) is 29.6 Å². The zero-order valence-corrected chi connectivity index (χ0v) is 20.0. The number of rotatable bonds is 7. The number of hydrogen-bond acceptors (Lipinski definition) is 2. The molecule has 0 bridgehead atoms. The number of amides is 3. The van der Waals surface area contributed by atoms with Gasteiger partial charge in [0.1, 0.15) is 5.82 Å². The zero-order chi connectivity index (χ0) is 24.6. The first-order valence-electron chi connectivity index (χ1n) is 12.1. The summed E-state index contributed by atoms with van der Waals surface area (Å²) in [5, 5.41) is 6.03. The fourth-order valence-electron chi connectivity index (χ4n) is 4.62. The van der Waals surface area contributed by atoms with Gasteiger partial charge in [-0.15, -0.1) is 0 Å². The maximum atomic E-state index is 13.9. The number of carbonyl (C=O) groups is 2. The second kappa shape index (κ2) is 11.6. The summed E-state index contributed by atoms with van der Waals surface area (Å²) >= 11 is 0. The molecule has 0 aromatic heterocycles. The Bertz CT molecular complexity index is 1140. The molecule has 0 aliphatic carbocycles. The first kappa shape index (κ1) is 24.5. The maximum Gasteiger partial charge on any atom is 0.317 e. The summed E-state index contributed by atoms with van der Waals surface area (Å²) in [6, 6.07) is 24.6. The molecule has 1 saturated heterocycles. The summed E-state index contributed by atoms with van der Waals surface area (Å²) in [4.78, 5) is 27.9. The van der Waals surface area contributed by atoms with E-state index in [0.29, 0.717) is 38.2 Å². The lowest BCUT2D eigenvalue weighted by atomic mass is 9.83. The third-order valence-electron chi connectivity index (χ3n) is 6.60. The van der Waals surface area contributed by atoms with E-state index in [9.17, 15) is 14.0 Å². The molecule has 1 heterocycles. The van der Waals surface area contributed by atoms with Gasteiger partial charge in [-0.2, -0.15) is 0 Å². The molecule has 0 spiro atoms. The van der Waals surface area contributed by atoms with E-state index in [2.05, 4.69) is 10.6 Å². The summed E-state index contributed by atoms with van der Waals surface area (Å²) in [5.41, 5.74) is 3.69. The van der Waals surface area contributed by atoms with Crippen molar-refractivity contribution in [3.8, 4) is 0 Å². The number of benzene rings is 3. The Kier molecular flexibility index (Phi) is 8.14. The molecule has 6 heteroatoms. The monoisotopic (exact) mass is 473 g/mol. The van der Waals surface area contributed by atoms with E-state index < -0.39 is 0 Å². The quantitative estimate of drug-likeness (QED) is 0.517. The Labute approximate surface area is 206 Å². The molecule has 0 saturated carbocycles. The second-order valence-corrected chi connectivity index (χ2v) is 9.21. The molecule has 5 nitrogen and oxygen atoms in total. The smallest absolute Gasteiger partial charge is 0.317 e. The molecule has 2 N–H and O–H groups in total. The Morgan fingerprint density at radius 3 is 2.29 bits per heavy atom. The van der Waals surface area contributed by atoms with E-state index in [1.807, 2.05) is 66.7 Å². The van der Waals surface area contributed by atoms with Crippen molar-refractivity contribution >= 4 is 11.9 Å². The minimum Gasteiger partial charge on any atom is -0.355 e. The first-order valence-corrected chi connectivity index (χ1v) is 12.1. The van der Waals surface area contributed by atoms with Gasteiger partial charge in [0, 0.05) is 32.1 Å². The molecule has 3 amide bonds. The summed E-state index contributed by atoms with van der Waals surface area (Å²) in [6.45, 7) is 3.54. The molecule has 2 unspecified atom stereocenters. The van der Waals surface area contributed by atoms with Crippen molar-refractivity contribution in [2.45, 2.75) is 32.2 Å². The maximum absolute atomic E-state index is 13.9. The van der Waals surface area contributed by atoms with Crippen LogP contribution in [-0.2, 0) is 17.8 Å². The van der Waals surface area contributed by atoms with Crippen molar-refractivity contribution in [1.29, 1.82) is 0 Å². The highest BCUT2D eigenvalue weighted by Gasteiger charge is 2.34. The van der Waals surface area contributed by atoms with Gasteiger partial charge < -0.3 is 15.5 Å². The minimum absolute atomic E-state index is 0.0459. The summed E-state index contributed by atoms with van der Waals surface area (Å²) in [5.74, 6) is -0.685. The number of piperidine rings is 1. The third-order valence-corrected chi connectivity index (χ3v) is 6.60. The van der Waals surface area contributed by atoms with E-state index in [1.54, 1.807) is 17.9 Å². The van der Waals surface area contributed by atoms with Crippen LogP contribution in [0.1, 0.15) is 34.6 Å². The van der Waals surface area contributed by atoms with Crippen molar-refractivity contribution in [2.75, 3.05) is 19.6 Å². The van der Waals surface area contributed by atoms with Gasteiger partial charge in [0.15, 0.2) is 0 Å². The fraction of sp³-hybridized carbons (Fsp3) is 0.310. The van der Waals surface area contributed by atoms with E-state index in [4.69, 9.17) is 0 Å². The highest BCUT2D eigenvalue weighted by atomic mass is 19.1. The molecule has 1 aliphatic rings. The molecule has 3 aromatic rings. The lowest BCUT2D eigenvalue weighted by Crippen LogP contribution is -2.51. The Hall–Kier alpha value is -3.67. The van der Waals surface area contributed by atoms with Gasteiger partial charge in [-0.1, -0.05) is 72.8 Å². The van der Waals surface area contributed by atoms with Gasteiger partial charge in [-0.3, -0.25) is 4.79 Å². The largest absolute Gasteiger partial charge is 0.355 e. The lowest BCUT2D eigenvalue weighted by Gasteiger charge is -2.37. The van der Waals surface area contributed by atoms with Crippen LogP contribution in [0.5, 0.6) is 0 Å². The average molecular weight is 474 g/mol. The zero-order valence-electron chi connectivity index (χ0n) is 20.0. The fourth-order valence-corrected chi connectivity index (χ4v) is 4.62. The molecule has 4 rings (SSSR count). The molecular formula is C29H32FN3O2. The summed E-state index contributed by atoms with van der Waals surface area (Å²) in [6.07, 6.45) is 1.37. The Morgan fingerprint density at radius 2 is 1.60 bits per heavy atom. The highest BCUT2D eigenvalue weighted by molar-refractivity contribution is 5.81. The number of carbonyl (C=O) groups excluding carboxylic acids is 2. The number of aryl methyl sites for hydroxylation is 1. The number of hydrogen-bond donors (Lipinski definition) is 2. The van der Waals surface area contributed by atoms with Gasteiger partial charge in [0.2, 0.25) is 5.91 Å². The molecule has 0 radical (unpaired) electrons. The van der Waals surface area contributed by atoms with Crippen molar-refractivity contribution in [3.05, 3.63) is 107 Å². The predicted molar refractivity (Wildman–Crippen MR) is 135 cm³/mol. The van der Waals surface area contributed by atoms with Gasteiger partial charge in [-0.25, -0.2) is 9.18 Å². The Balaban J connectivity index is 1.43. The molecule has 1 aliphatic heterocycles. The van der Waals surface area contributed by atoms with Crippen LogP contribution < -0.4 is 10.6 Å². The molecule has 1 fully saturated rings. The van der Waals surface area contributed by atoms with Crippen LogP contribution >= 0.6 is 0 Å². The average Bonchev–Trinajstić information content (AvgIpc) is 2.89. The molecule has 2 atom stereocenters. The normalized spacial score (nSPS) is 17.6. The van der Waals surface area contributed by atoms with Crippen LogP contribution in [0.25, 0.3) is 0 Å². The van der Waals surface area contributed by atoms with Crippen molar-refractivity contribution < 1.29 is 14.0 Å². The van der Waals surface area contributed by atoms with Crippen LogP contribution in [0.3, 0.4) is 0 Å². The third kappa shape index (κ3) is 6.69. The standard InChI is InChI=1S/C29H32FN3O2/c1-21-16-24(12-13-27(21)30)25-17-26(28(34)31-15-14-22-8-4-2-5-9-22)20-33(19-25)29(35)32-18-23-10-6-3-7-11-23/h2-13,16,25-26H,14-15,17-20H2,1H3,(H,31,34)(H,32,35). The molecule has 35 heavy (non-hydrogen) atoms. The SMILES string of the molecule is Cc1cc(C2CC(C(=O)NCCc3ccccc3)CN(C(=O)NCc3ccccc3)C2)ccc1F. The van der Waals surface area contributed by atoms with Crippen LogP contribution in [0.15, 0.2) is 78.9 Å². The highest BCUT2D eigenvalue weighted by Crippen LogP contribution is 2.31. The lowest BCUT2D eigenvalue weighted by molar-refractivity contribution is -0.126. The molecule has 3 aromatic carbocycles. The Morgan fingerprint density at radius 1 is 0.914 bits per heavy atom. The minimum atomic E-state index is -0.336. The topological polar surface area (TPSA) is 61.4 Å². The number of urea groups is 1. The van der Waals surface area contributed by atoms with Crippen LogP contribution in [0.4, 0.5) is 9.18 Å². The van der Waals surface area contributed by atoms with E-state index in [1.165, 1.54) is 6.07 Å². The van der Waals surface area contributed by atoms with Crippen LogP contribution in [0, 0.1) is 18.7 Å². The van der Waals surface area contributed by atoms with Gasteiger partial charge in [-0.05, 0) is 48.1 Å². The van der Waals surface area contributed by atoms with Gasteiger partial charge in [0.25, 0.3) is 0 Å². The summed E-state index contributed by atoms with van der Waals surface area (Å²) < 4.78 is 13.9. The number of nitrogens with zero attached hydrogens (tertiary/aromatic N) is 1. The second-order valence-electron chi connectivity index (χ2n) is 9.21. The van der Waals surface area contributed by atoms with Crippen molar-refractivity contribution in [2.24, 2.45) is 5.92 Å². The predicted octanol–water partition coefficient (Wildman–Crippen LogP) is 4.81. The van der Waals surface area contributed by atoms with Gasteiger partial charge >= 0.3 is 6.03 Å². The van der Waals surface area contributed by atoms with E-state index >= 15 is 0 Å². The van der Waals surface area contributed by atoms with Crippen molar-refractivity contribution in [1.82, 2.24) is 15.5 Å². The number of nitrogens with one attached hydrogen (secondary N) is 2. The van der Waals surface area contributed by atoms with Gasteiger partial charge in [0.05, 0.1) is 5.92 Å². The first-order chi connectivity index (χ1) is 17.0. The molecular weight excluding hydrogens is 441 g/mol. The van der Waals surface area contributed by atoms with E-state index in [0.717, 1.165) is 23.1 Å². The molecule has 182 valence electrons.